The first-order valence-corrected chi connectivity index (χ1v) is 17.8. The fourth-order valence-corrected chi connectivity index (χ4v) is 11.3. The molecule has 0 bridgehead atoms. The van der Waals surface area contributed by atoms with Crippen molar-refractivity contribution in [2.24, 2.45) is 65.1 Å². The zero-order chi connectivity index (χ0) is 32.2. The normalized spacial score (nSPS) is 51.5. The highest BCUT2D eigenvalue weighted by Gasteiger charge is 2.67. The molecule has 0 aromatic rings. The summed E-state index contributed by atoms with van der Waals surface area (Å²) in [5.74, 6) is -1.57. The monoisotopic (exact) mass is 626 g/mol. The summed E-state index contributed by atoms with van der Waals surface area (Å²) in [6, 6.07) is 0. The van der Waals surface area contributed by atoms with Crippen molar-refractivity contribution in [2.75, 3.05) is 0 Å². The molecule has 44 heavy (non-hydrogen) atoms. The highest BCUT2D eigenvalue weighted by Crippen LogP contribution is 2.59. The molecule has 17 atom stereocenters. The topological polar surface area (TPSA) is 182 Å². The third-order valence-corrected chi connectivity index (χ3v) is 13.8. The van der Waals surface area contributed by atoms with Crippen molar-refractivity contribution >= 4 is 0 Å². The Morgan fingerprint density at radius 2 is 1.39 bits per heavy atom. The van der Waals surface area contributed by atoms with E-state index in [9.17, 15) is 46.0 Å². The average Bonchev–Trinajstić information content (AvgIpc) is 2.94. The molecule has 9 N–H and O–H groups in total. The Labute approximate surface area is 263 Å². The van der Waals surface area contributed by atoms with Crippen LogP contribution in [0, 0.1) is 65.1 Å². The number of aliphatic hydroxyl groups excluding tert-OH is 8. The zero-order valence-corrected chi connectivity index (χ0v) is 27.3. The van der Waals surface area contributed by atoms with Gasteiger partial charge in [0.15, 0.2) is 0 Å². The third-order valence-electron chi connectivity index (χ3n) is 13.8. The summed E-state index contributed by atoms with van der Waals surface area (Å²) >= 11 is 0. The van der Waals surface area contributed by atoms with Crippen molar-refractivity contribution in [3.05, 3.63) is 0 Å². The van der Waals surface area contributed by atoms with E-state index in [0.29, 0.717) is 43.4 Å². The van der Waals surface area contributed by atoms with Crippen LogP contribution in [0.3, 0.4) is 0 Å². The van der Waals surface area contributed by atoms with Gasteiger partial charge in [-0.15, -0.1) is 0 Å². The molecule has 0 heterocycles. The summed E-state index contributed by atoms with van der Waals surface area (Å²) in [6.07, 6.45) is 0.434. The fraction of sp³-hybridized carbons (Fsp3) is 1.00. The van der Waals surface area contributed by atoms with E-state index in [1.807, 2.05) is 6.92 Å². The van der Waals surface area contributed by atoms with Crippen LogP contribution < -0.4 is 0 Å². The summed E-state index contributed by atoms with van der Waals surface area (Å²) in [5, 5.41) is 100. The Balaban J connectivity index is 1.28. The van der Waals surface area contributed by atoms with Crippen molar-refractivity contribution in [2.45, 2.75) is 153 Å². The number of aliphatic hydroxyl groups is 9. The molecular weight excluding hydrogens is 564 g/mol. The Kier molecular flexibility index (Phi) is 10.8. The molecule has 5 aliphatic carbocycles. The van der Waals surface area contributed by atoms with Crippen LogP contribution >= 0.6 is 0 Å². The smallest absolute Gasteiger partial charge is 0.120 e. The van der Waals surface area contributed by atoms with Crippen LogP contribution in [0.4, 0.5) is 0 Å². The number of hydrogen-bond acceptors (Lipinski definition) is 9. The van der Waals surface area contributed by atoms with Crippen LogP contribution in [0.15, 0.2) is 0 Å². The summed E-state index contributed by atoms with van der Waals surface area (Å²) in [4.78, 5) is 0. The molecule has 0 spiro atoms. The summed E-state index contributed by atoms with van der Waals surface area (Å²) in [6.45, 7) is 7.69. The van der Waals surface area contributed by atoms with Gasteiger partial charge in [0, 0.05) is 17.8 Å². The van der Waals surface area contributed by atoms with Gasteiger partial charge in [-0.1, -0.05) is 13.8 Å². The van der Waals surface area contributed by atoms with Crippen LogP contribution in [-0.2, 0) is 0 Å². The molecule has 256 valence electrons. The van der Waals surface area contributed by atoms with E-state index in [-0.39, 0.29) is 36.2 Å². The van der Waals surface area contributed by atoms with Gasteiger partial charge in [0.1, 0.15) is 5.60 Å². The molecule has 0 aliphatic heterocycles. The van der Waals surface area contributed by atoms with Gasteiger partial charge in [-0.2, -0.15) is 0 Å². The predicted molar refractivity (Wildman–Crippen MR) is 165 cm³/mol. The summed E-state index contributed by atoms with van der Waals surface area (Å²) in [7, 11) is 0. The van der Waals surface area contributed by atoms with Crippen LogP contribution in [0.2, 0.25) is 0 Å². The van der Waals surface area contributed by atoms with Gasteiger partial charge in [0.05, 0.1) is 48.8 Å². The second kappa shape index (κ2) is 13.6. The minimum Gasteiger partial charge on any atom is -0.393 e. The SMILES string of the molecule is CC(C)C1CC(CCC(O)CC2CCC(C(C)O)CC2)C(O)C2C(O)C3C(O)[C@]4(O)C(O)C(C(C)O)C(O)C[C@@H]4C[C@@H]3CC12. The Morgan fingerprint density at radius 3 is 1.98 bits per heavy atom. The second-order valence-electron chi connectivity index (χ2n) is 16.5. The lowest BCUT2D eigenvalue weighted by Gasteiger charge is -2.63. The first-order valence-electron chi connectivity index (χ1n) is 17.8. The summed E-state index contributed by atoms with van der Waals surface area (Å²) < 4.78 is 0. The second-order valence-corrected chi connectivity index (χ2v) is 16.5. The van der Waals surface area contributed by atoms with Crippen molar-refractivity contribution in [3.63, 3.8) is 0 Å². The van der Waals surface area contributed by atoms with Gasteiger partial charge >= 0.3 is 0 Å². The molecule has 0 saturated heterocycles. The highest BCUT2D eigenvalue weighted by atomic mass is 16.4. The molecule has 0 aromatic heterocycles. The highest BCUT2D eigenvalue weighted by molar-refractivity contribution is 5.16. The standard InChI is InChI=1S/C35H62O9/c1-16(2)25-13-21(9-10-24(38)11-19-5-7-20(8-6-19)17(3)36)31(40)30-26(25)14-22-12-23-15-27(39)28(18(4)37)33(42)35(23,44)34(43)29(22)32(30)41/h16-34,36-44H,5-15H2,1-4H3/t17?,18?,19?,20?,21?,22-,23+,24?,25?,26?,27?,28?,29?,30?,31?,32?,33?,34?,35-/m1/s1. The third kappa shape index (κ3) is 6.28. The van der Waals surface area contributed by atoms with Crippen LogP contribution in [0.25, 0.3) is 0 Å². The lowest BCUT2D eigenvalue weighted by molar-refractivity contribution is -0.296. The first-order chi connectivity index (χ1) is 20.7. The van der Waals surface area contributed by atoms with Gasteiger partial charge < -0.3 is 46.0 Å². The molecule has 5 rings (SSSR count). The molecule has 5 saturated carbocycles. The maximum absolute atomic E-state index is 12.0. The minimum atomic E-state index is -1.97. The van der Waals surface area contributed by atoms with Gasteiger partial charge in [0.2, 0.25) is 0 Å². The van der Waals surface area contributed by atoms with E-state index in [1.165, 1.54) is 6.92 Å². The molecule has 0 amide bonds. The largest absolute Gasteiger partial charge is 0.393 e. The number of rotatable bonds is 8. The van der Waals surface area contributed by atoms with Crippen molar-refractivity contribution in [1.29, 1.82) is 0 Å². The predicted octanol–water partition coefficient (Wildman–Crippen LogP) is 1.82. The van der Waals surface area contributed by atoms with Crippen LogP contribution in [0.1, 0.15) is 98.3 Å². The fourth-order valence-electron chi connectivity index (χ4n) is 11.3. The average molecular weight is 627 g/mol. The molecule has 5 fully saturated rings. The van der Waals surface area contributed by atoms with Gasteiger partial charge in [-0.3, -0.25) is 0 Å². The van der Waals surface area contributed by atoms with E-state index in [1.54, 1.807) is 0 Å². The van der Waals surface area contributed by atoms with Crippen LogP contribution in [-0.4, -0.2) is 100 Å². The Hall–Kier alpha value is -0.360. The molecule has 9 heteroatoms. The molecule has 0 radical (unpaired) electrons. The quantitative estimate of drug-likeness (QED) is 0.194. The van der Waals surface area contributed by atoms with Crippen molar-refractivity contribution < 1.29 is 46.0 Å². The maximum atomic E-state index is 12.0. The van der Waals surface area contributed by atoms with E-state index in [4.69, 9.17) is 0 Å². The first kappa shape index (κ1) is 35.0. The number of fused-ring (bicyclic) bond motifs is 3. The zero-order valence-electron chi connectivity index (χ0n) is 27.3. The van der Waals surface area contributed by atoms with E-state index < -0.39 is 72.0 Å². The molecular formula is C35H62O9. The lowest BCUT2D eigenvalue weighted by Crippen LogP contribution is -2.73. The van der Waals surface area contributed by atoms with Crippen molar-refractivity contribution in [3.8, 4) is 0 Å². The van der Waals surface area contributed by atoms with Gasteiger partial charge in [-0.25, -0.2) is 0 Å². The molecule has 0 aromatic carbocycles. The van der Waals surface area contributed by atoms with Crippen molar-refractivity contribution in [1.82, 2.24) is 0 Å². The van der Waals surface area contributed by atoms with E-state index in [2.05, 4.69) is 13.8 Å². The lowest BCUT2D eigenvalue weighted by atomic mass is 9.46. The van der Waals surface area contributed by atoms with Gasteiger partial charge in [-0.05, 0) is 132 Å². The summed E-state index contributed by atoms with van der Waals surface area (Å²) in [5.41, 5.74) is -1.97. The van der Waals surface area contributed by atoms with E-state index in [0.717, 1.165) is 38.5 Å². The Bertz CT molecular complexity index is 937. The Morgan fingerprint density at radius 1 is 0.727 bits per heavy atom. The van der Waals surface area contributed by atoms with E-state index >= 15 is 0 Å². The number of hydrogen-bond donors (Lipinski definition) is 9. The van der Waals surface area contributed by atoms with Crippen LogP contribution in [0.5, 0.6) is 0 Å². The minimum absolute atomic E-state index is 0.0496. The molecule has 9 nitrogen and oxygen atoms in total. The molecule has 14 unspecified atom stereocenters. The van der Waals surface area contributed by atoms with Gasteiger partial charge in [0.25, 0.3) is 0 Å². The maximum Gasteiger partial charge on any atom is 0.120 e. The molecule has 5 aliphatic rings.